The van der Waals surface area contributed by atoms with E-state index >= 15 is 0 Å². The molecule has 2 aromatic rings. The van der Waals surface area contributed by atoms with E-state index in [1.165, 1.54) is 0 Å². The van der Waals surface area contributed by atoms with Crippen molar-refractivity contribution in [3.05, 3.63) is 57.8 Å². The van der Waals surface area contributed by atoms with Crippen LogP contribution in [0.2, 0.25) is 10.0 Å². The van der Waals surface area contributed by atoms with Gasteiger partial charge in [-0.25, -0.2) is 0 Å². The van der Waals surface area contributed by atoms with Gasteiger partial charge in [0.2, 0.25) is 0 Å². The molecule has 1 saturated heterocycles. The predicted octanol–water partition coefficient (Wildman–Crippen LogP) is 3.63. The molecule has 0 bridgehead atoms. The lowest BCUT2D eigenvalue weighted by atomic mass is 10.2. The van der Waals surface area contributed by atoms with E-state index in [9.17, 15) is 0 Å². The molecule has 1 fully saturated rings. The fraction of sp³-hybridized carbons (Fsp3) is 0.294. The van der Waals surface area contributed by atoms with Crippen molar-refractivity contribution in [2.75, 3.05) is 18.0 Å². The average Bonchev–Trinajstić information content (AvgIpc) is 3.03. The zero-order chi connectivity index (χ0) is 16.2. The van der Waals surface area contributed by atoms with Crippen molar-refractivity contribution < 1.29 is 0 Å². The zero-order valence-electron chi connectivity index (χ0n) is 12.5. The van der Waals surface area contributed by atoms with Crippen LogP contribution < -0.4 is 10.2 Å². The number of nitrogens with one attached hydrogen (secondary N) is 1. The number of pyridine rings is 1. The van der Waals surface area contributed by atoms with E-state index in [0.29, 0.717) is 28.2 Å². The number of nitrogens with zero attached hydrogens (tertiary/aromatic N) is 3. The molecule has 0 spiro atoms. The molecule has 4 nitrogen and oxygen atoms in total. The maximum Gasteiger partial charge on any atom is 0.101 e. The Kier molecular flexibility index (Phi) is 5.02. The lowest BCUT2D eigenvalue weighted by Crippen LogP contribution is -2.32. The smallest absolute Gasteiger partial charge is 0.101 e. The maximum absolute atomic E-state index is 8.97. The van der Waals surface area contributed by atoms with Crippen LogP contribution in [0.5, 0.6) is 0 Å². The monoisotopic (exact) mass is 346 g/mol. The topological polar surface area (TPSA) is 52.0 Å². The molecule has 23 heavy (non-hydrogen) atoms. The van der Waals surface area contributed by atoms with Gasteiger partial charge in [-0.3, -0.25) is 4.98 Å². The van der Waals surface area contributed by atoms with E-state index in [-0.39, 0.29) is 0 Å². The number of hydrogen-bond acceptors (Lipinski definition) is 4. The van der Waals surface area contributed by atoms with Gasteiger partial charge in [0.15, 0.2) is 0 Å². The Hall–Kier alpha value is -1.80. The summed E-state index contributed by atoms with van der Waals surface area (Å²) >= 11 is 12.1. The number of rotatable bonds is 4. The maximum atomic E-state index is 8.97. The molecule has 1 aromatic heterocycles. The predicted molar refractivity (Wildman–Crippen MR) is 92.9 cm³/mol. The summed E-state index contributed by atoms with van der Waals surface area (Å²) in [6, 6.07) is 9.96. The molecule has 118 valence electrons. The molecule has 6 heteroatoms. The van der Waals surface area contributed by atoms with Gasteiger partial charge in [-0.1, -0.05) is 29.3 Å². The molecule has 1 atom stereocenters. The molecule has 0 amide bonds. The first-order chi connectivity index (χ1) is 11.2. The van der Waals surface area contributed by atoms with Crippen molar-refractivity contribution in [1.82, 2.24) is 10.3 Å². The molecule has 1 aliphatic rings. The minimum Gasteiger partial charge on any atom is -0.369 e. The fourth-order valence-corrected chi connectivity index (χ4v) is 3.22. The Labute approximate surface area is 145 Å². The Morgan fingerprint density at radius 3 is 2.96 bits per heavy atom. The van der Waals surface area contributed by atoms with Crippen molar-refractivity contribution in [3.8, 4) is 6.07 Å². The molecule has 0 radical (unpaired) electrons. The summed E-state index contributed by atoms with van der Waals surface area (Å²) in [4.78, 5) is 6.37. The fourth-order valence-electron chi connectivity index (χ4n) is 2.74. The van der Waals surface area contributed by atoms with E-state index in [0.717, 1.165) is 30.8 Å². The first kappa shape index (κ1) is 16.1. The number of halogens is 2. The minimum absolute atomic E-state index is 0.382. The first-order valence-corrected chi connectivity index (χ1v) is 8.18. The molecule has 2 heterocycles. The molecular formula is C17H16Cl2N4. The Morgan fingerprint density at radius 1 is 1.30 bits per heavy atom. The largest absolute Gasteiger partial charge is 0.369 e. The summed E-state index contributed by atoms with van der Waals surface area (Å²) in [6.07, 6.45) is 4.43. The summed E-state index contributed by atoms with van der Waals surface area (Å²) in [5, 5.41) is 13.8. The van der Waals surface area contributed by atoms with E-state index < -0.39 is 0 Å². The van der Waals surface area contributed by atoms with Gasteiger partial charge in [0, 0.05) is 41.9 Å². The van der Waals surface area contributed by atoms with Crippen molar-refractivity contribution in [2.45, 2.75) is 19.0 Å². The molecule has 0 saturated carbocycles. The second-order valence-electron chi connectivity index (χ2n) is 5.59. The third kappa shape index (κ3) is 3.94. The summed E-state index contributed by atoms with van der Waals surface area (Å²) in [5.74, 6) is 0. The highest BCUT2D eigenvalue weighted by atomic mass is 35.5. The van der Waals surface area contributed by atoms with Gasteiger partial charge in [0.1, 0.15) is 6.07 Å². The lowest BCUT2D eigenvalue weighted by molar-refractivity contribution is 0.551. The summed E-state index contributed by atoms with van der Waals surface area (Å²) in [7, 11) is 0. The molecule has 0 unspecified atom stereocenters. The van der Waals surface area contributed by atoms with Crippen molar-refractivity contribution in [1.29, 1.82) is 5.26 Å². The number of benzene rings is 1. The Balaban J connectivity index is 1.58. The number of nitriles is 1. The molecule has 1 aliphatic heterocycles. The van der Waals surface area contributed by atoms with Crippen molar-refractivity contribution in [2.24, 2.45) is 0 Å². The highest BCUT2D eigenvalue weighted by molar-refractivity contribution is 6.35. The van der Waals surface area contributed by atoms with Gasteiger partial charge in [-0.05, 0) is 30.2 Å². The van der Waals surface area contributed by atoms with Gasteiger partial charge >= 0.3 is 0 Å². The van der Waals surface area contributed by atoms with Crippen LogP contribution in [0.4, 0.5) is 5.69 Å². The van der Waals surface area contributed by atoms with E-state index in [1.807, 2.05) is 18.2 Å². The Morgan fingerprint density at radius 2 is 2.17 bits per heavy atom. The molecule has 3 rings (SSSR count). The van der Waals surface area contributed by atoms with Gasteiger partial charge in [0.05, 0.1) is 17.4 Å². The van der Waals surface area contributed by atoms with Crippen LogP contribution in [-0.2, 0) is 6.54 Å². The first-order valence-electron chi connectivity index (χ1n) is 7.43. The quantitative estimate of drug-likeness (QED) is 0.918. The van der Waals surface area contributed by atoms with E-state index in [1.54, 1.807) is 18.5 Å². The third-order valence-corrected chi connectivity index (χ3v) is 4.59. The highest BCUT2D eigenvalue weighted by Gasteiger charge is 2.22. The highest BCUT2D eigenvalue weighted by Crippen LogP contribution is 2.23. The summed E-state index contributed by atoms with van der Waals surface area (Å²) in [6.45, 7) is 2.55. The molecule has 1 N–H and O–H groups in total. The van der Waals surface area contributed by atoms with Crippen molar-refractivity contribution in [3.63, 3.8) is 0 Å². The van der Waals surface area contributed by atoms with Gasteiger partial charge in [0.25, 0.3) is 0 Å². The number of anilines is 1. The minimum atomic E-state index is 0.382. The second kappa shape index (κ2) is 7.18. The zero-order valence-corrected chi connectivity index (χ0v) is 14.0. The van der Waals surface area contributed by atoms with Gasteiger partial charge < -0.3 is 10.2 Å². The van der Waals surface area contributed by atoms with Crippen LogP contribution in [-0.4, -0.2) is 24.1 Å². The summed E-state index contributed by atoms with van der Waals surface area (Å²) < 4.78 is 0. The van der Waals surface area contributed by atoms with Crippen LogP contribution in [0.1, 0.15) is 17.5 Å². The SMILES string of the molecule is N#Cc1cncc(N2CC[C@H](NCc3ccc(Cl)cc3Cl)C2)c1. The third-order valence-electron chi connectivity index (χ3n) is 4.00. The molecule has 0 aliphatic carbocycles. The Bertz CT molecular complexity index is 742. The van der Waals surface area contributed by atoms with Gasteiger partial charge in [-0.2, -0.15) is 5.26 Å². The summed E-state index contributed by atoms with van der Waals surface area (Å²) in [5.41, 5.74) is 2.63. The van der Waals surface area contributed by atoms with Crippen LogP contribution in [0.25, 0.3) is 0 Å². The molecule has 1 aromatic carbocycles. The van der Waals surface area contributed by atoms with Crippen LogP contribution >= 0.6 is 23.2 Å². The average molecular weight is 347 g/mol. The number of aromatic nitrogens is 1. The van der Waals surface area contributed by atoms with Gasteiger partial charge in [-0.15, -0.1) is 0 Å². The second-order valence-corrected chi connectivity index (χ2v) is 6.44. The normalized spacial score (nSPS) is 17.3. The van der Waals surface area contributed by atoms with Crippen LogP contribution in [0.15, 0.2) is 36.7 Å². The number of hydrogen-bond donors (Lipinski definition) is 1. The van der Waals surface area contributed by atoms with Crippen LogP contribution in [0, 0.1) is 11.3 Å². The standard InChI is InChI=1S/C17H16Cl2N4/c18-14-2-1-13(17(19)6-14)9-22-15-3-4-23(11-15)16-5-12(7-20)8-21-10-16/h1-2,5-6,8,10,15,22H,3-4,9,11H2/t15-/m0/s1. The lowest BCUT2D eigenvalue weighted by Gasteiger charge is -2.19. The van der Waals surface area contributed by atoms with E-state index in [4.69, 9.17) is 28.5 Å². The molecular weight excluding hydrogens is 331 g/mol. The van der Waals surface area contributed by atoms with E-state index in [2.05, 4.69) is 21.3 Å². The van der Waals surface area contributed by atoms with Crippen molar-refractivity contribution >= 4 is 28.9 Å². The van der Waals surface area contributed by atoms with Crippen LogP contribution in [0.3, 0.4) is 0 Å².